The van der Waals surface area contributed by atoms with Crippen LogP contribution in [-0.2, 0) is 12.3 Å². The quantitative estimate of drug-likeness (QED) is 0.196. The summed E-state index contributed by atoms with van der Waals surface area (Å²) >= 11 is 0. The Morgan fingerprint density at radius 3 is 1.43 bits per heavy atom. The fourth-order valence-electron chi connectivity index (χ4n) is 5.98. The zero-order valence-electron chi connectivity index (χ0n) is 25.0. The maximum absolute atomic E-state index is 2.50. The Bertz CT molecular complexity index is 1090. The van der Waals surface area contributed by atoms with Crippen molar-refractivity contribution < 1.29 is 0 Å². The van der Waals surface area contributed by atoms with E-state index in [0.717, 1.165) is 0 Å². The SMILES string of the molecule is CC[PH](CC)(CC)Cc1ccc(N(c2ccc(C)cc2)c2ccc(C)c(C[PH](CC)(CC)CC)c2)cc1. The van der Waals surface area contributed by atoms with E-state index in [9.17, 15) is 0 Å². The molecule has 3 rings (SSSR count). The van der Waals surface area contributed by atoms with Gasteiger partial charge in [0.15, 0.2) is 0 Å². The first-order chi connectivity index (χ1) is 17.8. The van der Waals surface area contributed by atoms with Crippen molar-refractivity contribution in [2.24, 2.45) is 0 Å². The number of nitrogens with zero attached hydrogens (tertiary/aromatic N) is 1. The van der Waals surface area contributed by atoms with Crippen molar-refractivity contribution in [2.75, 3.05) is 41.9 Å². The van der Waals surface area contributed by atoms with Crippen LogP contribution in [0.2, 0.25) is 0 Å². The molecule has 0 bridgehead atoms. The molecular weight excluding hydrogens is 484 g/mol. The minimum absolute atomic E-state index is 1.19. The molecule has 0 atom stereocenters. The van der Waals surface area contributed by atoms with Gasteiger partial charge >= 0.3 is 230 Å². The van der Waals surface area contributed by atoms with Gasteiger partial charge < -0.3 is 0 Å². The van der Waals surface area contributed by atoms with Gasteiger partial charge in [0.1, 0.15) is 0 Å². The third kappa shape index (κ3) is 7.05. The molecule has 37 heavy (non-hydrogen) atoms. The summed E-state index contributed by atoms with van der Waals surface area (Å²) in [5, 5.41) is 0. The van der Waals surface area contributed by atoms with Crippen LogP contribution in [0.25, 0.3) is 0 Å². The standard InChI is InChI=1S/C34H53NP2/c1-9-36(10-2,11-3)26-30-18-23-33(24-19-30)35(32-20-15-28(7)16-21-32)34-22-17-29(8)31(25-34)27-37(12-4,13-5)14-6/h15-25,36-37H,9-14,26-27H2,1-8H3. The summed E-state index contributed by atoms with van der Waals surface area (Å²) < 4.78 is 0. The third-order valence-electron chi connectivity index (χ3n) is 9.72. The van der Waals surface area contributed by atoms with E-state index in [1.54, 1.807) is 5.56 Å². The van der Waals surface area contributed by atoms with Gasteiger partial charge in [-0.25, -0.2) is 0 Å². The number of hydrogen-bond acceptors (Lipinski definition) is 1. The monoisotopic (exact) mass is 537 g/mol. The molecule has 0 amide bonds. The van der Waals surface area contributed by atoms with Crippen molar-refractivity contribution >= 4 is 31.6 Å². The van der Waals surface area contributed by atoms with E-state index in [1.165, 1.54) is 83.0 Å². The minimum atomic E-state index is -1.27. The predicted octanol–water partition coefficient (Wildman–Crippen LogP) is 10.4. The first kappa shape index (κ1) is 29.9. The Balaban J connectivity index is 2.05. The molecule has 0 fully saturated rings. The van der Waals surface area contributed by atoms with Crippen LogP contribution in [0.5, 0.6) is 0 Å². The molecule has 0 aliphatic heterocycles. The molecule has 0 saturated heterocycles. The van der Waals surface area contributed by atoms with Crippen LogP contribution in [0, 0.1) is 13.8 Å². The Labute approximate surface area is 229 Å². The summed E-state index contributed by atoms with van der Waals surface area (Å²) in [4.78, 5) is 2.46. The van der Waals surface area contributed by atoms with E-state index >= 15 is 0 Å². The number of hydrogen-bond donors (Lipinski definition) is 0. The molecule has 3 aromatic rings. The zero-order valence-corrected chi connectivity index (χ0v) is 27.0. The van der Waals surface area contributed by atoms with Gasteiger partial charge in [-0.15, -0.1) is 0 Å². The molecular formula is C34H53NP2. The summed E-state index contributed by atoms with van der Waals surface area (Å²) in [5.74, 6) is 0. The molecule has 0 heterocycles. The second-order valence-corrected chi connectivity index (χ2v) is 22.4. The first-order valence-corrected chi connectivity index (χ1v) is 20.5. The summed E-state index contributed by atoms with van der Waals surface area (Å²) in [7, 11) is -2.46. The van der Waals surface area contributed by atoms with E-state index < -0.39 is 14.5 Å². The van der Waals surface area contributed by atoms with Gasteiger partial charge in [-0.3, -0.25) is 0 Å². The van der Waals surface area contributed by atoms with Crippen molar-refractivity contribution in [1.29, 1.82) is 0 Å². The van der Waals surface area contributed by atoms with E-state index in [-0.39, 0.29) is 0 Å². The van der Waals surface area contributed by atoms with Gasteiger partial charge in [-0.05, 0) is 0 Å². The van der Waals surface area contributed by atoms with Crippen LogP contribution in [-0.4, -0.2) is 37.0 Å². The second kappa shape index (κ2) is 13.4. The Morgan fingerprint density at radius 1 is 0.514 bits per heavy atom. The second-order valence-electron chi connectivity index (χ2n) is 11.4. The summed E-state index contributed by atoms with van der Waals surface area (Å²) in [6, 6.07) is 25.7. The summed E-state index contributed by atoms with van der Waals surface area (Å²) in [6.07, 6.45) is 10.8. The Kier molecular flexibility index (Phi) is 10.8. The molecule has 3 heteroatoms. The predicted molar refractivity (Wildman–Crippen MR) is 178 cm³/mol. The molecule has 0 unspecified atom stereocenters. The maximum atomic E-state index is 2.50. The van der Waals surface area contributed by atoms with Gasteiger partial charge in [0, 0.05) is 0 Å². The molecule has 0 aromatic heterocycles. The summed E-state index contributed by atoms with van der Waals surface area (Å²) in [5.41, 5.74) is 9.57. The van der Waals surface area contributed by atoms with Crippen LogP contribution < -0.4 is 4.90 Å². The van der Waals surface area contributed by atoms with Gasteiger partial charge in [-0.1, -0.05) is 0 Å². The fourth-order valence-corrected chi connectivity index (χ4v) is 12.8. The van der Waals surface area contributed by atoms with Crippen molar-refractivity contribution in [3.8, 4) is 0 Å². The van der Waals surface area contributed by atoms with Gasteiger partial charge in [0.25, 0.3) is 0 Å². The topological polar surface area (TPSA) is 3.24 Å². The average Bonchev–Trinajstić information content (AvgIpc) is 2.94. The Hall–Kier alpha value is -1.68. The van der Waals surface area contributed by atoms with E-state index in [1.807, 2.05) is 0 Å². The zero-order chi connectivity index (χ0) is 27.1. The van der Waals surface area contributed by atoms with E-state index in [0.29, 0.717) is 0 Å². The van der Waals surface area contributed by atoms with Crippen molar-refractivity contribution in [2.45, 2.75) is 67.7 Å². The number of anilines is 3. The Morgan fingerprint density at radius 2 is 0.946 bits per heavy atom. The number of aryl methyl sites for hydroxylation is 2. The van der Waals surface area contributed by atoms with Gasteiger partial charge in [0.2, 0.25) is 0 Å². The molecule has 204 valence electrons. The molecule has 1 nitrogen and oxygen atoms in total. The van der Waals surface area contributed by atoms with Crippen LogP contribution in [0.1, 0.15) is 63.8 Å². The number of benzene rings is 3. The van der Waals surface area contributed by atoms with Crippen molar-refractivity contribution in [3.05, 3.63) is 89.0 Å². The van der Waals surface area contributed by atoms with E-state index in [2.05, 4.69) is 127 Å². The van der Waals surface area contributed by atoms with Crippen molar-refractivity contribution in [1.82, 2.24) is 0 Å². The molecule has 0 aliphatic rings. The third-order valence-corrected chi connectivity index (χ3v) is 21.0. The first-order valence-electron chi connectivity index (χ1n) is 14.8. The normalized spacial score (nSPS) is 13.0. The molecule has 0 radical (unpaired) electrons. The molecule has 0 saturated carbocycles. The van der Waals surface area contributed by atoms with Crippen LogP contribution >= 0.6 is 14.5 Å². The number of rotatable bonds is 13. The molecule has 0 N–H and O–H groups in total. The van der Waals surface area contributed by atoms with Crippen molar-refractivity contribution in [3.63, 3.8) is 0 Å². The molecule has 0 aliphatic carbocycles. The molecule has 3 aromatic carbocycles. The van der Waals surface area contributed by atoms with Gasteiger partial charge in [0.05, 0.1) is 0 Å². The van der Waals surface area contributed by atoms with Gasteiger partial charge in [-0.2, -0.15) is 0 Å². The van der Waals surface area contributed by atoms with Crippen LogP contribution in [0.15, 0.2) is 66.7 Å². The van der Waals surface area contributed by atoms with Crippen LogP contribution in [0.3, 0.4) is 0 Å². The van der Waals surface area contributed by atoms with Crippen LogP contribution in [0.4, 0.5) is 17.1 Å². The fraction of sp³-hybridized carbons (Fsp3) is 0.471. The average molecular weight is 538 g/mol. The molecule has 0 spiro atoms. The summed E-state index contributed by atoms with van der Waals surface area (Å²) in [6.45, 7) is 19.0. The van der Waals surface area contributed by atoms with E-state index in [4.69, 9.17) is 0 Å².